The zero-order valence-corrected chi connectivity index (χ0v) is 14.2. The van der Waals surface area contributed by atoms with Gasteiger partial charge >= 0.3 is 0 Å². The molecule has 1 heterocycles. The Morgan fingerprint density at radius 3 is 2.29 bits per heavy atom. The first-order valence-corrected chi connectivity index (χ1v) is 8.49. The second-order valence-corrected chi connectivity index (χ2v) is 7.26. The molecule has 2 aromatic rings. The lowest BCUT2D eigenvalue weighted by Gasteiger charge is -2.18. The van der Waals surface area contributed by atoms with E-state index >= 15 is 0 Å². The van der Waals surface area contributed by atoms with E-state index in [1.165, 1.54) is 10.5 Å². The van der Waals surface area contributed by atoms with Crippen molar-refractivity contribution in [2.75, 3.05) is 6.54 Å². The molecule has 1 aromatic heterocycles. The maximum Gasteiger partial charge on any atom is 0.117 e. The number of furan rings is 1. The van der Waals surface area contributed by atoms with Crippen molar-refractivity contribution in [3.05, 3.63) is 53.5 Å². The Morgan fingerprint density at radius 2 is 1.67 bits per heavy atom. The SMILES string of the molecule is CCNCc1ccc(CSc2ccc(C(C)(C)C)cc2)o1. The summed E-state index contributed by atoms with van der Waals surface area (Å²) >= 11 is 1.82. The summed E-state index contributed by atoms with van der Waals surface area (Å²) in [6.45, 7) is 10.6. The summed E-state index contributed by atoms with van der Waals surface area (Å²) in [5.74, 6) is 2.92. The van der Waals surface area contributed by atoms with Gasteiger partial charge in [-0.1, -0.05) is 39.8 Å². The van der Waals surface area contributed by atoms with E-state index in [9.17, 15) is 0 Å². The van der Waals surface area contributed by atoms with E-state index in [2.05, 4.69) is 69.4 Å². The van der Waals surface area contributed by atoms with E-state index in [0.29, 0.717) is 0 Å². The average Bonchev–Trinajstić information content (AvgIpc) is 2.90. The number of nitrogens with one attached hydrogen (secondary N) is 1. The summed E-state index contributed by atoms with van der Waals surface area (Å²) in [7, 11) is 0. The molecule has 0 saturated carbocycles. The van der Waals surface area contributed by atoms with Crippen molar-refractivity contribution in [1.29, 1.82) is 0 Å². The first kappa shape index (κ1) is 16.2. The van der Waals surface area contributed by atoms with E-state index in [-0.39, 0.29) is 5.41 Å². The van der Waals surface area contributed by atoms with E-state index < -0.39 is 0 Å². The van der Waals surface area contributed by atoms with Crippen LogP contribution in [0, 0.1) is 0 Å². The molecule has 0 aliphatic heterocycles. The van der Waals surface area contributed by atoms with Crippen molar-refractivity contribution < 1.29 is 4.42 Å². The number of hydrogen-bond acceptors (Lipinski definition) is 3. The Hall–Kier alpha value is -1.19. The summed E-state index contributed by atoms with van der Waals surface area (Å²) < 4.78 is 5.80. The minimum Gasteiger partial charge on any atom is -0.464 e. The zero-order chi connectivity index (χ0) is 15.3. The highest BCUT2D eigenvalue weighted by molar-refractivity contribution is 7.98. The van der Waals surface area contributed by atoms with Gasteiger partial charge in [0, 0.05) is 4.90 Å². The van der Waals surface area contributed by atoms with Gasteiger partial charge < -0.3 is 9.73 Å². The van der Waals surface area contributed by atoms with Crippen LogP contribution < -0.4 is 5.32 Å². The van der Waals surface area contributed by atoms with Crippen LogP contribution in [0.5, 0.6) is 0 Å². The Bertz CT molecular complexity index is 551. The fraction of sp³-hybridized carbons (Fsp3) is 0.444. The van der Waals surface area contributed by atoms with Crippen LogP contribution >= 0.6 is 11.8 Å². The van der Waals surface area contributed by atoms with Crippen LogP contribution in [0.4, 0.5) is 0 Å². The van der Waals surface area contributed by atoms with Gasteiger partial charge in [-0.15, -0.1) is 11.8 Å². The van der Waals surface area contributed by atoms with Crippen molar-refractivity contribution in [1.82, 2.24) is 5.32 Å². The molecule has 0 bridgehead atoms. The molecular weight excluding hydrogens is 278 g/mol. The zero-order valence-electron chi connectivity index (χ0n) is 13.4. The Balaban J connectivity index is 1.89. The van der Waals surface area contributed by atoms with Gasteiger partial charge in [-0.3, -0.25) is 0 Å². The second-order valence-electron chi connectivity index (χ2n) is 6.21. The van der Waals surface area contributed by atoms with Crippen LogP contribution in [0.25, 0.3) is 0 Å². The van der Waals surface area contributed by atoms with Crippen molar-refractivity contribution >= 4 is 11.8 Å². The minimum absolute atomic E-state index is 0.214. The fourth-order valence-electron chi connectivity index (χ4n) is 2.05. The Labute approximate surface area is 132 Å². The molecule has 21 heavy (non-hydrogen) atoms. The molecule has 3 heteroatoms. The molecule has 0 radical (unpaired) electrons. The predicted octanol–water partition coefficient (Wildman–Crippen LogP) is 4.98. The summed E-state index contributed by atoms with van der Waals surface area (Å²) in [4.78, 5) is 1.28. The highest BCUT2D eigenvalue weighted by Gasteiger charge is 2.12. The Morgan fingerprint density at radius 1 is 1.00 bits per heavy atom. The molecule has 1 aromatic carbocycles. The van der Waals surface area contributed by atoms with Gasteiger partial charge in [0.1, 0.15) is 11.5 Å². The standard InChI is InChI=1S/C18H25NOS/c1-5-19-12-15-8-9-16(20-15)13-21-17-10-6-14(7-11-17)18(2,3)4/h6-11,19H,5,12-13H2,1-4H3. The third-order valence-electron chi connectivity index (χ3n) is 3.37. The summed E-state index contributed by atoms with van der Waals surface area (Å²) in [6.07, 6.45) is 0. The van der Waals surface area contributed by atoms with E-state index in [1.807, 2.05) is 11.8 Å². The van der Waals surface area contributed by atoms with Crippen LogP contribution in [-0.4, -0.2) is 6.54 Å². The van der Waals surface area contributed by atoms with Gasteiger partial charge in [-0.25, -0.2) is 0 Å². The Kier molecular flexibility index (Phi) is 5.54. The van der Waals surface area contributed by atoms with Crippen molar-refractivity contribution in [3.63, 3.8) is 0 Å². The third-order valence-corrected chi connectivity index (χ3v) is 4.40. The predicted molar refractivity (Wildman–Crippen MR) is 90.8 cm³/mol. The van der Waals surface area contributed by atoms with Gasteiger partial charge in [-0.2, -0.15) is 0 Å². The molecule has 2 rings (SSSR count). The van der Waals surface area contributed by atoms with Crippen molar-refractivity contribution in [2.45, 2.75) is 50.3 Å². The van der Waals surface area contributed by atoms with Gasteiger partial charge in [-0.05, 0) is 41.8 Å². The largest absolute Gasteiger partial charge is 0.464 e. The van der Waals surface area contributed by atoms with E-state index in [0.717, 1.165) is 30.4 Å². The number of hydrogen-bond donors (Lipinski definition) is 1. The topological polar surface area (TPSA) is 25.2 Å². The molecule has 114 valence electrons. The second kappa shape index (κ2) is 7.19. The first-order valence-electron chi connectivity index (χ1n) is 7.50. The van der Waals surface area contributed by atoms with Crippen molar-refractivity contribution in [2.24, 2.45) is 0 Å². The summed E-state index contributed by atoms with van der Waals surface area (Å²) in [5.41, 5.74) is 1.59. The number of benzene rings is 1. The molecule has 0 spiro atoms. The molecule has 0 aliphatic rings. The van der Waals surface area contributed by atoms with E-state index in [1.54, 1.807) is 0 Å². The summed E-state index contributed by atoms with van der Waals surface area (Å²) in [5, 5.41) is 3.27. The lowest BCUT2D eigenvalue weighted by molar-refractivity contribution is 0.463. The maximum atomic E-state index is 5.80. The monoisotopic (exact) mass is 303 g/mol. The van der Waals surface area contributed by atoms with Gasteiger partial charge in [0.15, 0.2) is 0 Å². The lowest BCUT2D eigenvalue weighted by atomic mass is 9.87. The number of rotatable bonds is 6. The molecular formula is C18H25NOS. The maximum absolute atomic E-state index is 5.80. The fourth-order valence-corrected chi connectivity index (χ4v) is 2.84. The molecule has 0 atom stereocenters. The van der Waals surface area contributed by atoms with E-state index in [4.69, 9.17) is 4.42 Å². The number of thioether (sulfide) groups is 1. The van der Waals surface area contributed by atoms with Crippen LogP contribution in [-0.2, 0) is 17.7 Å². The lowest BCUT2D eigenvalue weighted by Crippen LogP contribution is -2.10. The van der Waals surface area contributed by atoms with Gasteiger partial charge in [0.25, 0.3) is 0 Å². The van der Waals surface area contributed by atoms with Crippen LogP contribution in [0.3, 0.4) is 0 Å². The molecule has 2 nitrogen and oxygen atoms in total. The first-order chi connectivity index (χ1) is 9.99. The molecule has 0 aliphatic carbocycles. The highest BCUT2D eigenvalue weighted by atomic mass is 32.2. The average molecular weight is 303 g/mol. The molecule has 1 N–H and O–H groups in total. The highest BCUT2D eigenvalue weighted by Crippen LogP contribution is 2.27. The normalized spacial score (nSPS) is 11.8. The van der Waals surface area contributed by atoms with Crippen LogP contribution in [0.15, 0.2) is 45.7 Å². The molecule has 0 unspecified atom stereocenters. The van der Waals surface area contributed by atoms with Gasteiger partial charge in [0.05, 0.1) is 12.3 Å². The smallest absolute Gasteiger partial charge is 0.117 e. The van der Waals surface area contributed by atoms with Crippen LogP contribution in [0.1, 0.15) is 44.8 Å². The van der Waals surface area contributed by atoms with Crippen LogP contribution in [0.2, 0.25) is 0 Å². The van der Waals surface area contributed by atoms with Gasteiger partial charge in [0.2, 0.25) is 0 Å². The minimum atomic E-state index is 0.214. The van der Waals surface area contributed by atoms with Crippen molar-refractivity contribution in [3.8, 4) is 0 Å². The molecule has 0 amide bonds. The molecule has 0 saturated heterocycles. The summed E-state index contributed by atoms with van der Waals surface area (Å²) in [6, 6.07) is 13.0. The third kappa shape index (κ3) is 4.94. The molecule has 0 fully saturated rings. The quantitative estimate of drug-likeness (QED) is 0.762.